The molecule has 0 saturated heterocycles. The molecule has 2 rings (SSSR count). The van der Waals surface area contributed by atoms with Crippen molar-refractivity contribution in [1.29, 1.82) is 0 Å². The predicted octanol–water partition coefficient (Wildman–Crippen LogP) is 3.37. The Morgan fingerprint density at radius 3 is 2.44 bits per heavy atom. The summed E-state index contributed by atoms with van der Waals surface area (Å²) < 4.78 is 0. The molecule has 1 aliphatic carbocycles. The number of carbonyl (C=O) groups is 3. The van der Waals surface area contributed by atoms with Gasteiger partial charge in [0.25, 0.3) is 5.91 Å². The number of hydrogen-bond donors (Lipinski definition) is 4. The molecule has 2 unspecified atom stereocenters. The number of anilines is 1. The Labute approximate surface area is 159 Å². The van der Waals surface area contributed by atoms with Crippen molar-refractivity contribution >= 4 is 23.6 Å². The molecule has 0 radical (unpaired) electrons. The third kappa shape index (κ3) is 6.58. The van der Waals surface area contributed by atoms with E-state index in [9.17, 15) is 19.5 Å². The lowest BCUT2D eigenvalue weighted by Gasteiger charge is -2.27. The zero-order valence-corrected chi connectivity index (χ0v) is 16.0. The molecule has 1 fully saturated rings. The Morgan fingerprint density at radius 2 is 1.78 bits per heavy atom. The van der Waals surface area contributed by atoms with Crippen LogP contribution < -0.4 is 16.0 Å². The second-order valence-corrected chi connectivity index (χ2v) is 7.35. The van der Waals surface area contributed by atoms with E-state index in [0.717, 1.165) is 25.7 Å². The van der Waals surface area contributed by atoms with Gasteiger partial charge in [-0.3, -0.25) is 9.59 Å². The highest BCUT2D eigenvalue weighted by Gasteiger charge is 2.30. The number of benzene rings is 1. The minimum absolute atomic E-state index is 0.00347. The van der Waals surface area contributed by atoms with E-state index in [1.807, 2.05) is 13.8 Å². The average Bonchev–Trinajstić information content (AvgIpc) is 2.56. The van der Waals surface area contributed by atoms with Crippen LogP contribution in [-0.2, 0) is 4.79 Å². The van der Waals surface area contributed by atoms with E-state index < -0.39 is 11.9 Å². The van der Waals surface area contributed by atoms with Crippen LogP contribution in [0.3, 0.4) is 0 Å². The van der Waals surface area contributed by atoms with Crippen LogP contribution in [0.15, 0.2) is 24.3 Å². The molecule has 1 aromatic carbocycles. The van der Waals surface area contributed by atoms with Gasteiger partial charge in [0.2, 0.25) is 0 Å². The van der Waals surface area contributed by atoms with E-state index in [4.69, 9.17) is 0 Å². The number of urea groups is 1. The van der Waals surface area contributed by atoms with Gasteiger partial charge in [0.05, 0.1) is 5.92 Å². The largest absolute Gasteiger partial charge is 0.481 e. The smallest absolute Gasteiger partial charge is 0.319 e. The van der Waals surface area contributed by atoms with Gasteiger partial charge in [-0.05, 0) is 44.9 Å². The summed E-state index contributed by atoms with van der Waals surface area (Å²) in [6.07, 6.45) is 5.12. The van der Waals surface area contributed by atoms with Crippen molar-refractivity contribution in [1.82, 2.24) is 10.6 Å². The molecule has 4 N–H and O–H groups in total. The summed E-state index contributed by atoms with van der Waals surface area (Å²) >= 11 is 0. The quantitative estimate of drug-likeness (QED) is 0.633. The number of rotatable bonds is 5. The second kappa shape index (κ2) is 9.94. The van der Waals surface area contributed by atoms with Crippen LogP contribution in [-0.4, -0.2) is 35.1 Å². The Balaban J connectivity index is 2.06. The van der Waals surface area contributed by atoms with Crippen LogP contribution >= 0.6 is 0 Å². The van der Waals surface area contributed by atoms with Crippen molar-refractivity contribution in [3.8, 4) is 0 Å². The first-order chi connectivity index (χ1) is 12.9. The molecule has 3 amide bonds. The molecule has 7 nitrogen and oxygen atoms in total. The summed E-state index contributed by atoms with van der Waals surface area (Å²) in [6, 6.07) is 5.92. The second-order valence-electron chi connectivity index (χ2n) is 7.35. The molecular formula is C20H29N3O4. The number of carbonyl (C=O) groups excluding carboxylic acids is 2. The van der Waals surface area contributed by atoms with Gasteiger partial charge in [0.15, 0.2) is 0 Å². The van der Waals surface area contributed by atoms with Gasteiger partial charge >= 0.3 is 12.0 Å². The number of amides is 3. The van der Waals surface area contributed by atoms with Gasteiger partial charge in [-0.15, -0.1) is 0 Å². The summed E-state index contributed by atoms with van der Waals surface area (Å²) in [5, 5.41) is 17.8. The van der Waals surface area contributed by atoms with Crippen LogP contribution in [0.2, 0.25) is 0 Å². The molecule has 0 bridgehead atoms. The molecular weight excluding hydrogens is 346 g/mol. The maximum Gasteiger partial charge on any atom is 0.319 e. The number of aliphatic carboxylic acids is 1. The third-order valence-corrected chi connectivity index (χ3v) is 4.70. The first kappa shape index (κ1) is 20.7. The first-order valence-corrected chi connectivity index (χ1v) is 9.58. The van der Waals surface area contributed by atoms with E-state index in [1.54, 1.807) is 24.3 Å². The molecule has 1 aromatic rings. The van der Waals surface area contributed by atoms with Gasteiger partial charge in [-0.2, -0.15) is 0 Å². The lowest BCUT2D eigenvalue weighted by atomic mass is 9.86. The molecule has 1 saturated carbocycles. The fraction of sp³-hybridized carbons (Fsp3) is 0.550. The van der Waals surface area contributed by atoms with E-state index in [-0.39, 0.29) is 24.0 Å². The summed E-state index contributed by atoms with van der Waals surface area (Å²) in [7, 11) is 0. The monoisotopic (exact) mass is 375 g/mol. The van der Waals surface area contributed by atoms with E-state index in [1.165, 1.54) is 0 Å². The minimum Gasteiger partial charge on any atom is -0.481 e. The van der Waals surface area contributed by atoms with Crippen molar-refractivity contribution in [3.63, 3.8) is 0 Å². The standard InChI is InChI=1S/C20H29N3O4/c1-13(2)21-20(27)22-15-9-7-8-14(12-15)18(24)23-17-11-6-4-3-5-10-16(17)19(25)26/h7-9,12-13,16-17H,3-6,10-11H2,1-2H3,(H,23,24)(H,25,26)(H2,21,22,27). The Morgan fingerprint density at radius 1 is 1.07 bits per heavy atom. The molecule has 148 valence electrons. The predicted molar refractivity (Wildman–Crippen MR) is 104 cm³/mol. The van der Waals surface area contributed by atoms with Crippen LogP contribution in [0, 0.1) is 5.92 Å². The zero-order chi connectivity index (χ0) is 19.8. The van der Waals surface area contributed by atoms with Gasteiger partial charge in [-0.25, -0.2) is 4.79 Å². The zero-order valence-electron chi connectivity index (χ0n) is 16.0. The highest BCUT2D eigenvalue weighted by atomic mass is 16.4. The maximum absolute atomic E-state index is 12.7. The highest BCUT2D eigenvalue weighted by molar-refractivity contribution is 5.97. The molecule has 0 heterocycles. The number of hydrogen-bond acceptors (Lipinski definition) is 3. The molecule has 0 aromatic heterocycles. The van der Waals surface area contributed by atoms with Crippen LogP contribution in [0.5, 0.6) is 0 Å². The highest BCUT2D eigenvalue weighted by Crippen LogP contribution is 2.24. The number of carboxylic acids is 1. The van der Waals surface area contributed by atoms with Gasteiger partial charge in [0, 0.05) is 23.3 Å². The lowest BCUT2D eigenvalue weighted by molar-refractivity contribution is -0.143. The lowest BCUT2D eigenvalue weighted by Crippen LogP contribution is -2.44. The Hall–Kier alpha value is -2.57. The fourth-order valence-corrected chi connectivity index (χ4v) is 3.37. The maximum atomic E-state index is 12.7. The summed E-state index contributed by atoms with van der Waals surface area (Å²) in [6.45, 7) is 3.72. The van der Waals surface area contributed by atoms with Gasteiger partial charge in [-0.1, -0.05) is 31.7 Å². The van der Waals surface area contributed by atoms with Crippen LogP contribution in [0.4, 0.5) is 10.5 Å². The SMILES string of the molecule is CC(C)NC(=O)Nc1cccc(C(=O)NC2CCCCCCC2C(=O)O)c1. The van der Waals surface area contributed by atoms with Crippen LogP contribution in [0.1, 0.15) is 62.7 Å². The number of nitrogens with one attached hydrogen (secondary N) is 3. The summed E-state index contributed by atoms with van der Waals surface area (Å²) in [5.41, 5.74) is 0.900. The Kier molecular flexibility index (Phi) is 7.64. The van der Waals surface area contributed by atoms with Crippen molar-refractivity contribution < 1.29 is 19.5 Å². The van der Waals surface area contributed by atoms with E-state index >= 15 is 0 Å². The average molecular weight is 375 g/mol. The molecule has 27 heavy (non-hydrogen) atoms. The van der Waals surface area contributed by atoms with Gasteiger partial charge < -0.3 is 21.1 Å². The molecule has 0 spiro atoms. The van der Waals surface area contributed by atoms with Gasteiger partial charge in [0.1, 0.15) is 0 Å². The Bertz CT molecular complexity index is 675. The van der Waals surface area contributed by atoms with Crippen molar-refractivity contribution in [2.45, 2.75) is 64.5 Å². The van der Waals surface area contributed by atoms with Crippen LogP contribution in [0.25, 0.3) is 0 Å². The first-order valence-electron chi connectivity index (χ1n) is 9.58. The normalized spacial score (nSPS) is 20.3. The van der Waals surface area contributed by atoms with E-state index in [2.05, 4.69) is 16.0 Å². The summed E-state index contributed by atoms with van der Waals surface area (Å²) in [4.78, 5) is 36.1. The number of carboxylic acid groups (broad SMARTS) is 1. The summed E-state index contributed by atoms with van der Waals surface area (Å²) in [5.74, 6) is -1.74. The molecule has 0 aliphatic heterocycles. The molecule has 7 heteroatoms. The fourth-order valence-electron chi connectivity index (χ4n) is 3.37. The van der Waals surface area contributed by atoms with Crippen molar-refractivity contribution in [2.75, 3.05) is 5.32 Å². The molecule has 2 atom stereocenters. The van der Waals surface area contributed by atoms with Crippen molar-refractivity contribution in [2.24, 2.45) is 5.92 Å². The minimum atomic E-state index is -0.858. The van der Waals surface area contributed by atoms with E-state index in [0.29, 0.717) is 24.1 Å². The third-order valence-electron chi connectivity index (χ3n) is 4.70. The van der Waals surface area contributed by atoms with Crippen molar-refractivity contribution in [3.05, 3.63) is 29.8 Å². The topological polar surface area (TPSA) is 108 Å². The molecule has 1 aliphatic rings.